The Morgan fingerprint density at radius 2 is 0.812 bits per heavy atom. The molecule has 0 aliphatic heterocycles. The quantitative estimate of drug-likeness (QED) is 0.0205. The van der Waals surface area contributed by atoms with E-state index >= 15 is 0 Å². The minimum absolute atomic E-state index is 0.0248. The second-order valence-electron chi connectivity index (χ2n) is 23.6. The van der Waals surface area contributed by atoms with Crippen LogP contribution in [0.3, 0.4) is 0 Å². The van der Waals surface area contributed by atoms with Crippen LogP contribution in [0.15, 0.2) is 85.1 Å². The monoisotopic (exact) mass is 1140 g/mol. The third-order valence-electron chi connectivity index (χ3n) is 14.6. The second kappa shape index (κ2) is 59.4. The van der Waals surface area contributed by atoms with Crippen molar-refractivity contribution in [1.82, 2.24) is 5.32 Å². The van der Waals surface area contributed by atoms with Gasteiger partial charge in [0.1, 0.15) is 19.3 Å². The topological polar surface area (TPSA) is 111 Å². The summed E-state index contributed by atoms with van der Waals surface area (Å²) in [6, 6.07) is -0.891. The van der Waals surface area contributed by atoms with Crippen molar-refractivity contribution in [2.45, 2.75) is 309 Å². The molecule has 1 amide bonds. The van der Waals surface area contributed by atoms with Gasteiger partial charge in [0, 0.05) is 12.8 Å². The van der Waals surface area contributed by atoms with E-state index < -0.39 is 20.0 Å². The van der Waals surface area contributed by atoms with Crippen LogP contribution in [0, 0.1) is 0 Å². The minimum Gasteiger partial charge on any atom is -0.456 e. The molecule has 0 aliphatic rings. The summed E-state index contributed by atoms with van der Waals surface area (Å²) in [7, 11) is 1.45. The van der Waals surface area contributed by atoms with E-state index in [-0.39, 0.29) is 37.9 Å². The Morgan fingerprint density at radius 3 is 1.20 bits per heavy atom. The molecule has 10 heteroatoms. The van der Waals surface area contributed by atoms with Gasteiger partial charge in [-0.15, -0.1) is 0 Å². The van der Waals surface area contributed by atoms with Gasteiger partial charge in [-0.3, -0.25) is 18.6 Å². The summed E-state index contributed by atoms with van der Waals surface area (Å²) in [5, 5.41) is 3.01. The maximum absolute atomic E-state index is 13.5. The fraction of sp³-hybridized carbons (Fsp3) is 0.771. The van der Waals surface area contributed by atoms with Crippen molar-refractivity contribution in [3.05, 3.63) is 85.1 Å². The Hall–Kier alpha value is -2.81. The number of phosphoric acid groups is 1. The maximum Gasteiger partial charge on any atom is 0.472 e. The summed E-state index contributed by atoms with van der Waals surface area (Å²) < 4.78 is 30.7. The van der Waals surface area contributed by atoms with Gasteiger partial charge in [-0.25, -0.2) is 4.57 Å². The SMILES string of the molecule is CC/C=C\C/C=C\C/C=C\C/C=C\C/C=C\C/C=C\CCC(=O)NC(COP(=O)(O)OCC[N+](C)(C)C)C(/C=C/CCCCCCCCCCCC)OC(=O)CCCCCCCCCCCCCCCCCCCCCCCCC. The summed E-state index contributed by atoms with van der Waals surface area (Å²) in [5.41, 5.74) is 0. The van der Waals surface area contributed by atoms with Crippen LogP contribution < -0.4 is 5.32 Å². The highest BCUT2D eigenvalue weighted by atomic mass is 31.2. The number of ether oxygens (including phenoxy) is 1. The van der Waals surface area contributed by atoms with E-state index in [1.807, 2.05) is 39.4 Å². The molecular formula is C70H128N2O7P+. The zero-order chi connectivity index (χ0) is 58.6. The van der Waals surface area contributed by atoms with Crippen molar-refractivity contribution < 1.29 is 37.3 Å². The molecule has 0 rings (SSSR count). The lowest BCUT2D eigenvalue weighted by Crippen LogP contribution is -2.47. The molecular weight excluding hydrogens is 1010 g/mol. The van der Waals surface area contributed by atoms with Gasteiger partial charge in [0.15, 0.2) is 0 Å². The molecule has 0 aromatic heterocycles. The number of carbonyl (C=O) groups is 2. The summed E-state index contributed by atoms with van der Waals surface area (Å²) in [6.45, 7) is 6.86. The number of allylic oxidation sites excluding steroid dienone is 13. The number of nitrogens with one attached hydrogen (secondary N) is 1. The first-order valence-electron chi connectivity index (χ1n) is 33.4. The lowest BCUT2D eigenvalue weighted by atomic mass is 10.0. The molecule has 0 heterocycles. The summed E-state index contributed by atoms with van der Waals surface area (Å²) in [5.74, 6) is -0.596. The number of phosphoric ester groups is 1. The van der Waals surface area contributed by atoms with E-state index in [2.05, 4.69) is 92.9 Å². The average molecular weight is 1140 g/mol. The molecule has 0 saturated carbocycles. The summed E-state index contributed by atoms with van der Waals surface area (Å²) in [4.78, 5) is 37.8. The molecule has 3 atom stereocenters. The third-order valence-corrected chi connectivity index (χ3v) is 15.6. The molecule has 0 bridgehead atoms. The van der Waals surface area contributed by atoms with Gasteiger partial charge in [0.2, 0.25) is 5.91 Å². The number of amides is 1. The summed E-state index contributed by atoms with van der Waals surface area (Å²) in [6.07, 6.45) is 79.0. The number of nitrogens with zero attached hydrogens (tertiary/aromatic N) is 1. The van der Waals surface area contributed by atoms with Gasteiger partial charge < -0.3 is 19.4 Å². The van der Waals surface area contributed by atoms with E-state index in [9.17, 15) is 19.0 Å². The van der Waals surface area contributed by atoms with Gasteiger partial charge in [0.25, 0.3) is 0 Å². The number of hydrogen-bond donors (Lipinski definition) is 2. The standard InChI is InChI=1S/C70H127N2O7P/c1-7-10-13-16-19-22-25-28-30-32-34-35-36-37-39-41-43-45-48-51-54-57-60-63-70(74)79-68(61-58-55-52-49-46-27-24-21-18-15-12-9-3)67(66-78-80(75,76)77-65-64-72(4,5)6)71-69(73)62-59-56-53-50-47-44-42-40-38-33-31-29-26-23-20-17-14-11-8-2/h11,14,20,23,29,31,38,40,44,47,53,56,58,61,67-68H,7-10,12-13,15-19,21-22,24-28,30,32-37,39,41-43,45-46,48-52,54-55,57,59-60,62-66H2,1-6H3,(H-,71,73,75,76)/p+1/b14-11-,23-20-,31-29-,40-38-,47-44-,56-53-,61-58+. The van der Waals surface area contributed by atoms with Crippen LogP contribution in [0.1, 0.15) is 297 Å². The van der Waals surface area contributed by atoms with E-state index in [0.29, 0.717) is 17.4 Å². The molecule has 0 saturated heterocycles. The fourth-order valence-corrected chi connectivity index (χ4v) is 10.2. The van der Waals surface area contributed by atoms with E-state index in [0.717, 1.165) is 77.0 Å². The number of hydrogen-bond acceptors (Lipinski definition) is 6. The molecule has 80 heavy (non-hydrogen) atoms. The van der Waals surface area contributed by atoms with Gasteiger partial charge in [0.05, 0.1) is 33.8 Å². The molecule has 464 valence electrons. The number of esters is 1. The Bertz CT molecular complexity index is 1640. The fourth-order valence-electron chi connectivity index (χ4n) is 9.49. The zero-order valence-electron chi connectivity index (χ0n) is 53.1. The van der Waals surface area contributed by atoms with Gasteiger partial charge in [-0.05, 0) is 70.3 Å². The molecule has 0 aliphatic carbocycles. The van der Waals surface area contributed by atoms with Crippen molar-refractivity contribution in [3.63, 3.8) is 0 Å². The minimum atomic E-state index is -4.47. The number of carbonyl (C=O) groups excluding carboxylic acids is 2. The Morgan fingerprint density at radius 1 is 0.450 bits per heavy atom. The first kappa shape index (κ1) is 77.2. The summed E-state index contributed by atoms with van der Waals surface area (Å²) >= 11 is 0. The zero-order valence-corrected chi connectivity index (χ0v) is 54.0. The molecule has 3 unspecified atom stereocenters. The smallest absolute Gasteiger partial charge is 0.456 e. The Labute approximate surface area is 495 Å². The van der Waals surface area contributed by atoms with E-state index in [4.69, 9.17) is 13.8 Å². The van der Waals surface area contributed by atoms with Gasteiger partial charge in [-0.1, -0.05) is 299 Å². The van der Waals surface area contributed by atoms with Gasteiger partial charge >= 0.3 is 13.8 Å². The predicted molar refractivity (Wildman–Crippen MR) is 346 cm³/mol. The molecule has 0 aromatic rings. The average Bonchev–Trinajstić information content (AvgIpc) is 3.42. The molecule has 0 fully saturated rings. The molecule has 2 N–H and O–H groups in total. The molecule has 0 spiro atoms. The molecule has 0 aromatic carbocycles. The normalized spacial score (nSPS) is 14.1. The predicted octanol–water partition coefficient (Wildman–Crippen LogP) is 21.0. The van der Waals surface area contributed by atoms with Crippen molar-refractivity contribution in [1.29, 1.82) is 0 Å². The van der Waals surface area contributed by atoms with Crippen molar-refractivity contribution >= 4 is 19.7 Å². The van der Waals surface area contributed by atoms with Crippen LogP contribution in [0.5, 0.6) is 0 Å². The number of rotatable bonds is 60. The number of unbranched alkanes of at least 4 members (excludes halogenated alkanes) is 32. The van der Waals surface area contributed by atoms with Crippen LogP contribution in [0.2, 0.25) is 0 Å². The van der Waals surface area contributed by atoms with Crippen LogP contribution in [-0.4, -0.2) is 74.3 Å². The highest BCUT2D eigenvalue weighted by Gasteiger charge is 2.30. The van der Waals surface area contributed by atoms with Crippen LogP contribution in [-0.2, 0) is 27.9 Å². The highest BCUT2D eigenvalue weighted by molar-refractivity contribution is 7.47. The number of likely N-dealkylation sites (N-methyl/N-ethyl adjacent to an activating group) is 1. The third kappa shape index (κ3) is 59.8. The second-order valence-corrected chi connectivity index (χ2v) is 25.1. The van der Waals surface area contributed by atoms with Crippen LogP contribution >= 0.6 is 7.82 Å². The maximum atomic E-state index is 13.5. The van der Waals surface area contributed by atoms with Gasteiger partial charge in [-0.2, -0.15) is 0 Å². The highest BCUT2D eigenvalue weighted by Crippen LogP contribution is 2.43. The largest absolute Gasteiger partial charge is 0.472 e. The molecule has 9 nitrogen and oxygen atoms in total. The van der Waals surface area contributed by atoms with E-state index in [1.165, 1.54) is 180 Å². The Kier molecular flexibility index (Phi) is 57.3. The van der Waals surface area contributed by atoms with Crippen LogP contribution in [0.4, 0.5) is 0 Å². The van der Waals surface area contributed by atoms with E-state index in [1.54, 1.807) is 0 Å². The lowest BCUT2D eigenvalue weighted by molar-refractivity contribution is -0.870. The first-order chi connectivity index (χ1) is 38.9. The van der Waals surface area contributed by atoms with Crippen molar-refractivity contribution in [2.75, 3.05) is 40.9 Å². The Balaban J connectivity index is 5.22. The first-order valence-corrected chi connectivity index (χ1v) is 34.9. The lowest BCUT2D eigenvalue weighted by Gasteiger charge is -2.27. The van der Waals surface area contributed by atoms with Crippen molar-refractivity contribution in [2.24, 2.45) is 0 Å². The number of quaternary nitrogens is 1. The van der Waals surface area contributed by atoms with Crippen LogP contribution in [0.25, 0.3) is 0 Å². The molecule has 0 radical (unpaired) electrons. The van der Waals surface area contributed by atoms with Crippen molar-refractivity contribution in [3.8, 4) is 0 Å².